The minimum absolute atomic E-state index is 0.359. The van der Waals surface area contributed by atoms with Crippen molar-refractivity contribution in [3.63, 3.8) is 0 Å². The fourth-order valence-corrected chi connectivity index (χ4v) is 4.02. The molecule has 2 fully saturated rings. The fraction of sp³-hybridized carbons (Fsp3) is 0.625. The SMILES string of the molecule is c1cc2c(cc1C1(C3CC3)CCCN1)CCC2. The highest BCUT2D eigenvalue weighted by molar-refractivity contribution is 5.39. The summed E-state index contributed by atoms with van der Waals surface area (Å²) in [5, 5.41) is 3.84. The van der Waals surface area contributed by atoms with Crippen molar-refractivity contribution in [1.29, 1.82) is 0 Å². The second-order valence-electron chi connectivity index (χ2n) is 6.11. The Bertz CT molecular complexity index is 439. The normalized spacial score (nSPS) is 31.8. The molecule has 0 bridgehead atoms. The van der Waals surface area contributed by atoms with Gasteiger partial charge in [-0.15, -0.1) is 0 Å². The molecular weight excluding hydrogens is 206 g/mol. The molecule has 1 heteroatoms. The highest BCUT2D eigenvalue weighted by Crippen LogP contribution is 2.50. The minimum Gasteiger partial charge on any atom is -0.307 e. The van der Waals surface area contributed by atoms with Crippen LogP contribution in [0.4, 0.5) is 0 Å². The zero-order chi connectivity index (χ0) is 11.3. The van der Waals surface area contributed by atoms with Crippen molar-refractivity contribution in [2.75, 3.05) is 6.54 Å². The molecule has 1 aromatic carbocycles. The zero-order valence-electron chi connectivity index (χ0n) is 10.5. The van der Waals surface area contributed by atoms with Crippen LogP contribution >= 0.6 is 0 Å². The molecule has 1 aromatic rings. The molecule has 1 heterocycles. The Morgan fingerprint density at radius 3 is 2.71 bits per heavy atom. The Morgan fingerprint density at radius 1 is 1.06 bits per heavy atom. The molecule has 4 rings (SSSR count). The van der Waals surface area contributed by atoms with Gasteiger partial charge in [-0.3, -0.25) is 0 Å². The summed E-state index contributed by atoms with van der Waals surface area (Å²) in [6, 6.07) is 7.35. The third-order valence-corrected chi connectivity index (χ3v) is 5.08. The van der Waals surface area contributed by atoms with E-state index in [1.54, 1.807) is 16.7 Å². The maximum atomic E-state index is 3.84. The van der Waals surface area contributed by atoms with E-state index in [2.05, 4.69) is 23.5 Å². The fourth-order valence-electron chi connectivity index (χ4n) is 4.02. The maximum Gasteiger partial charge on any atom is 0.0463 e. The molecule has 1 atom stereocenters. The van der Waals surface area contributed by atoms with Crippen molar-refractivity contribution in [1.82, 2.24) is 5.32 Å². The van der Waals surface area contributed by atoms with E-state index in [1.807, 2.05) is 0 Å². The molecule has 90 valence electrons. The average molecular weight is 227 g/mol. The van der Waals surface area contributed by atoms with Crippen LogP contribution in [0.1, 0.15) is 48.8 Å². The second kappa shape index (κ2) is 3.58. The summed E-state index contributed by atoms with van der Waals surface area (Å²) in [4.78, 5) is 0. The van der Waals surface area contributed by atoms with Crippen LogP contribution in [0, 0.1) is 5.92 Å². The summed E-state index contributed by atoms with van der Waals surface area (Å²) in [7, 11) is 0. The van der Waals surface area contributed by atoms with Gasteiger partial charge in [0.15, 0.2) is 0 Å². The molecule has 0 amide bonds. The quantitative estimate of drug-likeness (QED) is 0.818. The third-order valence-electron chi connectivity index (χ3n) is 5.08. The first-order chi connectivity index (χ1) is 8.38. The van der Waals surface area contributed by atoms with Crippen LogP contribution < -0.4 is 5.32 Å². The van der Waals surface area contributed by atoms with E-state index >= 15 is 0 Å². The highest BCUT2D eigenvalue weighted by Gasteiger charge is 2.47. The number of aryl methyl sites for hydroxylation is 2. The smallest absolute Gasteiger partial charge is 0.0463 e. The largest absolute Gasteiger partial charge is 0.307 e. The molecule has 1 aliphatic heterocycles. The number of rotatable bonds is 2. The van der Waals surface area contributed by atoms with Gasteiger partial charge in [-0.2, -0.15) is 0 Å². The molecule has 17 heavy (non-hydrogen) atoms. The zero-order valence-corrected chi connectivity index (χ0v) is 10.5. The van der Waals surface area contributed by atoms with E-state index in [9.17, 15) is 0 Å². The first kappa shape index (κ1) is 10.1. The Labute approximate surface area is 104 Å². The Hall–Kier alpha value is -0.820. The van der Waals surface area contributed by atoms with Crippen molar-refractivity contribution in [3.05, 3.63) is 34.9 Å². The first-order valence-corrected chi connectivity index (χ1v) is 7.26. The van der Waals surface area contributed by atoms with Gasteiger partial charge in [0.1, 0.15) is 0 Å². The van der Waals surface area contributed by atoms with Crippen LogP contribution in [-0.4, -0.2) is 6.54 Å². The topological polar surface area (TPSA) is 12.0 Å². The van der Waals surface area contributed by atoms with Crippen molar-refractivity contribution in [2.24, 2.45) is 5.92 Å². The van der Waals surface area contributed by atoms with Crippen LogP contribution in [0.25, 0.3) is 0 Å². The summed E-state index contributed by atoms with van der Waals surface area (Å²) in [5.74, 6) is 0.921. The summed E-state index contributed by atoms with van der Waals surface area (Å²) < 4.78 is 0. The molecule has 1 unspecified atom stereocenters. The Kier molecular flexibility index (Phi) is 2.14. The molecular formula is C16H21N. The van der Waals surface area contributed by atoms with Gasteiger partial charge >= 0.3 is 0 Å². The molecule has 1 saturated carbocycles. The van der Waals surface area contributed by atoms with Crippen LogP contribution in [0.3, 0.4) is 0 Å². The minimum atomic E-state index is 0.359. The maximum absolute atomic E-state index is 3.84. The second-order valence-corrected chi connectivity index (χ2v) is 6.11. The lowest BCUT2D eigenvalue weighted by molar-refractivity contribution is 0.336. The molecule has 1 N–H and O–H groups in total. The third kappa shape index (κ3) is 1.48. The standard InChI is InChI=1S/C16H21N/c1-3-12-5-6-15(11-13(12)4-1)16(14-7-8-14)9-2-10-17-16/h5-6,11,14,17H,1-4,7-10H2. The molecule has 1 saturated heterocycles. The van der Waals surface area contributed by atoms with Gasteiger partial charge in [-0.1, -0.05) is 18.2 Å². The number of benzene rings is 1. The van der Waals surface area contributed by atoms with E-state index in [0.717, 1.165) is 5.92 Å². The van der Waals surface area contributed by atoms with Crippen LogP contribution in [0.5, 0.6) is 0 Å². The monoisotopic (exact) mass is 227 g/mol. The van der Waals surface area contributed by atoms with E-state index in [-0.39, 0.29) is 0 Å². The number of nitrogens with one attached hydrogen (secondary N) is 1. The molecule has 0 aromatic heterocycles. The van der Waals surface area contributed by atoms with E-state index in [4.69, 9.17) is 0 Å². The van der Waals surface area contributed by atoms with Crippen LogP contribution in [-0.2, 0) is 18.4 Å². The lowest BCUT2D eigenvalue weighted by Gasteiger charge is -2.31. The summed E-state index contributed by atoms with van der Waals surface area (Å²) in [6.07, 6.45) is 9.56. The molecule has 0 spiro atoms. The van der Waals surface area contributed by atoms with Crippen molar-refractivity contribution in [2.45, 2.75) is 50.5 Å². The van der Waals surface area contributed by atoms with Crippen molar-refractivity contribution in [3.8, 4) is 0 Å². The number of hydrogen-bond acceptors (Lipinski definition) is 1. The highest BCUT2D eigenvalue weighted by atomic mass is 15.0. The molecule has 1 nitrogen and oxygen atoms in total. The summed E-state index contributed by atoms with van der Waals surface area (Å²) in [5.41, 5.74) is 5.20. The Balaban J connectivity index is 1.77. The lowest BCUT2D eigenvalue weighted by Crippen LogP contribution is -2.39. The van der Waals surface area contributed by atoms with Gasteiger partial charge in [0.05, 0.1) is 0 Å². The van der Waals surface area contributed by atoms with Gasteiger partial charge in [-0.25, -0.2) is 0 Å². The average Bonchev–Trinajstić information content (AvgIpc) is 2.94. The van der Waals surface area contributed by atoms with Crippen molar-refractivity contribution < 1.29 is 0 Å². The van der Waals surface area contributed by atoms with Gasteiger partial charge in [0.2, 0.25) is 0 Å². The molecule has 3 aliphatic rings. The Morgan fingerprint density at radius 2 is 1.94 bits per heavy atom. The van der Waals surface area contributed by atoms with Gasteiger partial charge < -0.3 is 5.32 Å². The van der Waals surface area contributed by atoms with Crippen LogP contribution in [0.15, 0.2) is 18.2 Å². The van der Waals surface area contributed by atoms with E-state index < -0.39 is 0 Å². The first-order valence-electron chi connectivity index (χ1n) is 7.26. The predicted molar refractivity (Wildman–Crippen MR) is 70.1 cm³/mol. The lowest BCUT2D eigenvalue weighted by atomic mass is 9.82. The van der Waals surface area contributed by atoms with Gasteiger partial charge in [-0.05, 0) is 74.1 Å². The number of fused-ring (bicyclic) bond motifs is 1. The van der Waals surface area contributed by atoms with Gasteiger partial charge in [0.25, 0.3) is 0 Å². The van der Waals surface area contributed by atoms with Crippen LogP contribution in [0.2, 0.25) is 0 Å². The van der Waals surface area contributed by atoms with Crippen molar-refractivity contribution >= 4 is 0 Å². The van der Waals surface area contributed by atoms with E-state index in [0.29, 0.717) is 5.54 Å². The van der Waals surface area contributed by atoms with Gasteiger partial charge in [0, 0.05) is 5.54 Å². The summed E-state index contributed by atoms with van der Waals surface area (Å²) >= 11 is 0. The summed E-state index contributed by atoms with van der Waals surface area (Å²) in [6.45, 7) is 1.22. The molecule has 2 aliphatic carbocycles. The predicted octanol–water partition coefficient (Wildman–Crippen LogP) is 3.16. The van der Waals surface area contributed by atoms with E-state index in [1.165, 1.54) is 51.5 Å². The molecule has 0 radical (unpaired) electrons. The number of hydrogen-bond donors (Lipinski definition) is 1.